The van der Waals surface area contributed by atoms with Gasteiger partial charge in [0, 0.05) is 34.4 Å². The molecule has 48 heavy (non-hydrogen) atoms. The molecule has 0 radical (unpaired) electrons. The van der Waals surface area contributed by atoms with Crippen LogP contribution in [-0.4, -0.2) is 4.98 Å². The molecule has 2 aliphatic carbocycles. The molecule has 0 unspecified atom stereocenters. The lowest BCUT2D eigenvalue weighted by molar-refractivity contribution is 0.669. The first kappa shape index (κ1) is 27.0. The van der Waals surface area contributed by atoms with E-state index in [9.17, 15) is 0 Å². The van der Waals surface area contributed by atoms with E-state index in [0.29, 0.717) is 0 Å². The number of benzene rings is 6. The van der Waals surface area contributed by atoms with Gasteiger partial charge in [0.2, 0.25) is 0 Å². The minimum atomic E-state index is 0.870. The molecule has 0 saturated carbocycles. The first-order chi connectivity index (χ1) is 23.8. The van der Waals surface area contributed by atoms with E-state index >= 15 is 0 Å². The van der Waals surface area contributed by atoms with Crippen molar-refractivity contribution in [2.45, 2.75) is 12.8 Å². The van der Waals surface area contributed by atoms with E-state index in [0.717, 1.165) is 51.8 Å². The Morgan fingerprint density at radius 3 is 1.81 bits per heavy atom. The maximum atomic E-state index is 6.60. The van der Waals surface area contributed by atoms with Crippen LogP contribution in [0, 0.1) is 0 Å². The largest absolute Gasteiger partial charge is 0.456 e. The number of furan rings is 1. The summed E-state index contributed by atoms with van der Waals surface area (Å²) in [5.41, 5.74) is 15.5. The van der Waals surface area contributed by atoms with Gasteiger partial charge < -0.3 is 9.32 Å². The van der Waals surface area contributed by atoms with Gasteiger partial charge in [-0.3, -0.25) is 4.98 Å². The van der Waals surface area contributed by atoms with Crippen LogP contribution in [0.3, 0.4) is 0 Å². The van der Waals surface area contributed by atoms with Crippen molar-refractivity contribution in [3.05, 3.63) is 179 Å². The molecule has 2 heterocycles. The molecule has 3 nitrogen and oxygen atoms in total. The fourth-order valence-electron chi connectivity index (χ4n) is 7.76. The Bertz CT molecular complexity index is 2560. The third-order valence-electron chi connectivity index (χ3n) is 9.97. The highest BCUT2D eigenvalue weighted by molar-refractivity contribution is 6.11. The van der Waals surface area contributed by atoms with Gasteiger partial charge in [-0.2, -0.15) is 0 Å². The molecular weight excluding hydrogens is 585 g/mol. The van der Waals surface area contributed by atoms with E-state index < -0.39 is 0 Å². The molecule has 2 aromatic heterocycles. The first-order valence-corrected chi connectivity index (χ1v) is 16.5. The van der Waals surface area contributed by atoms with Crippen LogP contribution in [0.15, 0.2) is 150 Å². The van der Waals surface area contributed by atoms with Crippen LogP contribution in [0.25, 0.3) is 56.0 Å². The van der Waals surface area contributed by atoms with Crippen LogP contribution < -0.4 is 4.90 Å². The van der Waals surface area contributed by atoms with Crippen LogP contribution in [0.1, 0.15) is 33.4 Å². The lowest BCUT2D eigenvalue weighted by Crippen LogP contribution is -2.09. The van der Waals surface area contributed by atoms with Gasteiger partial charge in [-0.25, -0.2) is 0 Å². The second-order valence-electron chi connectivity index (χ2n) is 12.8. The quantitative estimate of drug-likeness (QED) is 0.193. The standard InChI is InChI=1S/C45H30N2O/c1-3-8-29(9-4-1)35-22-31-13-15-33-24-36(25-34-16-14-32(23-35)44(31)45(33)34)30-17-19-40-41-20-18-38(27-43(41)48-42(40)26-30)47(37-10-5-2-6-11-37)39-12-7-21-46-28-39/h1-22,24,26-28H,23,25H2. The van der Waals surface area contributed by atoms with E-state index in [1.54, 1.807) is 6.20 Å². The Morgan fingerprint density at radius 1 is 0.500 bits per heavy atom. The van der Waals surface area contributed by atoms with Crippen molar-refractivity contribution in [2.75, 3.05) is 4.90 Å². The highest BCUT2D eigenvalue weighted by Gasteiger charge is 2.22. The molecule has 2 aliphatic rings. The van der Waals surface area contributed by atoms with Crippen LogP contribution >= 0.6 is 0 Å². The zero-order valence-corrected chi connectivity index (χ0v) is 26.2. The first-order valence-electron chi connectivity index (χ1n) is 16.5. The number of anilines is 3. The molecule has 0 N–H and O–H groups in total. The van der Waals surface area contributed by atoms with Crippen molar-refractivity contribution in [3.8, 4) is 0 Å². The average molecular weight is 615 g/mol. The topological polar surface area (TPSA) is 29.3 Å². The van der Waals surface area contributed by atoms with Crippen molar-refractivity contribution in [2.24, 2.45) is 0 Å². The van der Waals surface area contributed by atoms with Crippen molar-refractivity contribution in [1.29, 1.82) is 0 Å². The predicted octanol–water partition coefficient (Wildman–Crippen LogP) is 11.8. The van der Waals surface area contributed by atoms with E-state index in [2.05, 4.69) is 143 Å². The minimum Gasteiger partial charge on any atom is -0.456 e. The number of hydrogen-bond donors (Lipinski definition) is 0. The SMILES string of the molecule is C1=C(c2ccccc2)Cc2ccc3c4c(ccc1c24)C=C(c1ccc2c(c1)oc1cc(N(c4ccccc4)c4cccnc4)ccc12)C3. The van der Waals surface area contributed by atoms with Crippen molar-refractivity contribution in [3.63, 3.8) is 0 Å². The summed E-state index contributed by atoms with van der Waals surface area (Å²) in [4.78, 5) is 6.60. The number of allylic oxidation sites excluding steroid dienone is 2. The highest BCUT2D eigenvalue weighted by Crippen LogP contribution is 2.43. The summed E-state index contributed by atoms with van der Waals surface area (Å²) < 4.78 is 6.60. The zero-order valence-electron chi connectivity index (χ0n) is 26.2. The van der Waals surface area contributed by atoms with Crippen molar-refractivity contribution >= 4 is 73.1 Å². The van der Waals surface area contributed by atoms with Gasteiger partial charge in [-0.15, -0.1) is 0 Å². The van der Waals surface area contributed by atoms with Crippen LogP contribution in [0.4, 0.5) is 17.1 Å². The molecule has 0 aliphatic heterocycles. The van der Waals surface area contributed by atoms with Gasteiger partial charge in [0.05, 0.1) is 11.9 Å². The molecule has 8 aromatic rings. The molecule has 6 aromatic carbocycles. The van der Waals surface area contributed by atoms with E-state index in [-0.39, 0.29) is 0 Å². The summed E-state index contributed by atoms with van der Waals surface area (Å²) in [5, 5.41) is 5.07. The summed E-state index contributed by atoms with van der Waals surface area (Å²) in [5.74, 6) is 0. The summed E-state index contributed by atoms with van der Waals surface area (Å²) in [6, 6.07) is 47.7. The molecule has 0 spiro atoms. The fraction of sp³-hybridized carbons (Fsp3) is 0.0444. The number of nitrogens with zero attached hydrogens (tertiary/aromatic N) is 2. The van der Waals surface area contributed by atoms with Gasteiger partial charge in [-0.05, 0) is 117 Å². The lowest BCUT2D eigenvalue weighted by atomic mass is 9.79. The van der Waals surface area contributed by atoms with Crippen LogP contribution in [0.2, 0.25) is 0 Å². The normalized spacial score (nSPS) is 13.5. The predicted molar refractivity (Wildman–Crippen MR) is 200 cm³/mol. The Labute approximate surface area is 278 Å². The third kappa shape index (κ3) is 4.32. The van der Waals surface area contributed by atoms with Gasteiger partial charge in [0.15, 0.2) is 0 Å². The molecule has 0 bridgehead atoms. The van der Waals surface area contributed by atoms with Gasteiger partial charge in [0.25, 0.3) is 0 Å². The summed E-state index contributed by atoms with van der Waals surface area (Å²) >= 11 is 0. The molecule has 10 rings (SSSR count). The highest BCUT2D eigenvalue weighted by atomic mass is 16.3. The molecule has 0 fully saturated rings. The number of pyridine rings is 1. The van der Waals surface area contributed by atoms with Crippen LogP contribution in [-0.2, 0) is 12.8 Å². The molecule has 226 valence electrons. The maximum absolute atomic E-state index is 6.60. The summed E-state index contributed by atoms with van der Waals surface area (Å²) in [6.07, 6.45) is 10.3. The van der Waals surface area contributed by atoms with E-state index in [1.165, 1.54) is 55.3 Å². The number of aromatic nitrogens is 1. The summed E-state index contributed by atoms with van der Waals surface area (Å²) in [7, 11) is 0. The van der Waals surface area contributed by atoms with Crippen molar-refractivity contribution < 1.29 is 4.42 Å². The average Bonchev–Trinajstić information content (AvgIpc) is 3.52. The smallest absolute Gasteiger partial charge is 0.137 e. The molecule has 0 atom stereocenters. The van der Waals surface area contributed by atoms with Gasteiger partial charge in [-0.1, -0.05) is 91.0 Å². The monoisotopic (exact) mass is 614 g/mol. The van der Waals surface area contributed by atoms with Gasteiger partial charge in [0.1, 0.15) is 11.2 Å². The third-order valence-corrected chi connectivity index (χ3v) is 9.97. The van der Waals surface area contributed by atoms with Gasteiger partial charge >= 0.3 is 0 Å². The molecule has 0 saturated heterocycles. The number of rotatable bonds is 5. The maximum Gasteiger partial charge on any atom is 0.137 e. The molecule has 3 heteroatoms. The Morgan fingerprint density at radius 2 is 1.12 bits per heavy atom. The minimum absolute atomic E-state index is 0.870. The number of hydrogen-bond acceptors (Lipinski definition) is 3. The Hall–Kier alpha value is -6.19. The fourth-order valence-corrected chi connectivity index (χ4v) is 7.76. The summed E-state index contributed by atoms with van der Waals surface area (Å²) in [6.45, 7) is 0. The van der Waals surface area contributed by atoms with E-state index in [1.807, 2.05) is 18.3 Å². The number of fused-ring (bicyclic) bond motifs is 3. The zero-order chi connectivity index (χ0) is 31.6. The van der Waals surface area contributed by atoms with Crippen molar-refractivity contribution in [1.82, 2.24) is 4.98 Å². The van der Waals surface area contributed by atoms with Crippen LogP contribution in [0.5, 0.6) is 0 Å². The lowest BCUT2D eigenvalue weighted by Gasteiger charge is -2.24. The van der Waals surface area contributed by atoms with E-state index in [4.69, 9.17) is 4.42 Å². The molecular formula is C45H30N2O. The Kier molecular flexibility index (Phi) is 6.00. The second-order valence-corrected chi connectivity index (χ2v) is 12.8. The second kappa shape index (κ2) is 10.7. The number of para-hydroxylation sites is 1. The Balaban J connectivity index is 1.03. The molecule has 0 amide bonds.